The molecule has 0 amide bonds. The summed E-state index contributed by atoms with van der Waals surface area (Å²) in [5, 5.41) is 8.60. The van der Waals surface area contributed by atoms with Crippen molar-refractivity contribution in [3.05, 3.63) is 84.7 Å². The average molecular weight is 528 g/mol. The fourth-order valence-corrected chi connectivity index (χ4v) is 4.96. The molecule has 0 atom stereocenters. The van der Waals surface area contributed by atoms with E-state index in [1.807, 2.05) is 61.0 Å². The van der Waals surface area contributed by atoms with Crippen LogP contribution in [0.5, 0.6) is 0 Å². The van der Waals surface area contributed by atoms with Crippen LogP contribution in [0, 0.1) is 5.95 Å². The number of nitrogens with one attached hydrogen (secondary N) is 1. The molecule has 1 saturated heterocycles. The van der Waals surface area contributed by atoms with Crippen molar-refractivity contribution < 1.29 is 4.39 Å². The van der Waals surface area contributed by atoms with Gasteiger partial charge in [0.15, 0.2) is 5.16 Å². The van der Waals surface area contributed by atoms with Crippen molar-refractivity contribution in [2.75, 3.05) is 47.6 Å². The summed E-state index contributed by atoms with van der Waals surface area (Å²) in [6.07, 6.45) is 7.22. The number of anilines is 4. The van der Waals surface area contributed by atoms with Gasteiger partial charge >= 0.3 is 0 Å². The molecule has 0 bridgehead atoms. The fraction of sp³-hybridized carbons (Fsp3) is 0.222. The standard InChI is InChI=1S/C27H26FN9S/c1-38-27-32-23(17-25(33-27)36-14-12-35(13-15-36)24-4-2-3-9-30-24)31-20-5-6-22-21(16-20)26(28)34-37(22)18-19-7-10-29-11-8-19/h2-11,16-17H,12-15,18H2,1H3,(H,31,32,33). The lowest BCUT2D eigenvalue weighted by atomic mass is 10.2. The molecule has 0 aliphatic carbocycles. The molecule has 192 valence electrons. The van der Waals surface area contributed by atoms with Gasteiger partial charge in [0, 0.05) is 56.5 Å². The number of pyridine rings is 2. The van der Waals surface area contributed by atoms with E-state index in [0.29, 0.717) is 22.9 Å². The van der Waals surface area contributed by atoms with Gasteiger partial charge in [0.05, 0.1) is 17.4 Å². The van der Waals surface area contributed by atoms with Crippen molar-refractivity contribution in [2.24, 2.45) is 0 Å². The van der Waals surface area contributed by atoms with Gasteiger partial charge in [0.1, 0.15) is 17.5 Å². The zero-order valence-corrected chi connectivity index (χ0v) is 21.6. The number of hydrogen-bond acceptors (Lipinski definition) is 9. The molecule has 1 aromatic carbocycles. The number of hydrogen-bond donors (Lipinski definition) is 1. The lowest BCUT2D eigenvalue weighted by molar-refractivity contribution is 0.549. The summed E-state index contributed by atoms with van der Waals surface area (Å²) in [5.41, 5.74) is 2.46. The first-order valence-corrected chi connectivity index (χ1v) is 13.5. The quantitative estimate of drug-likeness (QED) is 0.241. The second-order valence-corrected chi connectivity index (χ2v) is 9.69. The highest BCUT2D eigenvalue weighted by Gasteiger charge is 2.20. The Labute approximate surface area is 223 Å². The summed E-state index contributed by atoms with van der Waals surface area (Å²) in [5.74, 6) is 2.02. The van der Waals surface area contributed by atoms with Gasteiger partial charge in [0.25, 0.3) is 0 Å². The highest BCUT2D eigenvalue weighted by atomic mass is 32.2. The van der Waals surface area contributed by atoms with Crippen LogP contribution in [0.3, 0.4) is 0 Å². The van der Waals surface area contributed by atoms with E-state index in [1.165, 1.54) is 11.8 Å². The Morgan fingerprint density at radius 1 is 0.895 bits per heavy atom. The predicted molar refractivity (Wildman–Crippen MR) is 149 cm³/mol. The Bertz CT molecular complexity index is 1540. The molecule has 1 N–H and O–H groups in total. The molecule has 0 saturated carbocycles. The van der Waals surface area contributed by atoms with Gasteiger partial charge in [-0.3, -0.25) is 9.67 Å². The minimum absolute atomic E-state index is 0.453. The first-order valence-electron chi connectivity index (χ1n) is 12.3. The lowest BCUT2D eigenvalue weighted by Gasteiger charge is -2.36. The van der Waals surface area contributed by atoms with Gasteiger partial charge in [0.2, 0.25) is 5.95 Å². The molecule has 1 aliphatic rings. The van der Waals surface area contributed by atoms with E-state index in [2.05, 4.69) is 35.2 Å². The molecule has 0 unspecified atom stereocenters. The summed E-state index contributed by atoms with van der Waals surface area (Å²) in [6, 6.07) is 17.3. The predicted octanol–water partition coefficient (Wildman–Crippen LogP) is 4.60. The molecule has 11 heteroatoms. The van der Waals surface area contributed by atoms with Crippen LogP contribution in [0.25, 0.3) is 10.9 Å². The van der Waals surface area contributed by atoms with Crippen LogP contribution >= 0.6 is 11.8 Å². The monoisotopic (exact) mass is 527 g/mol. The lowest BCUT2D eigenvalue weighted by Crippen LogP contribution is -2.47. The van der Waals surface area contributed by atoms with Gasteiger partial charge < -0.3 is 15.1 Å². The van der Waals surface area contributed by atoms with Gasteiger partial charge in [-0.2, -0.15) is 4.39 Å². The van der Waals surface area contributed by atoms with Crippen LogP contribution in [0.4, 0.5) is 27.5 Å². The molecule has 1 fully saturated rings. The third-order valence-electron chi connectivity index (χ3n) is 6.51. The van der Waals surface area contributed by atoms with Crippen LogP contribution in [0.15, 0.2) is 78.3 Å². The zero-order valence-electron chi connectivity index (χ0n) is 20.8. The number of rotatable bonds is 7. The molecular formula is C27H26FN9S. The number of thioether (sulfide) groups is 1. The second kappa shape index (κ2) is 10.6. The number of nitrogens with zero attached hydrogens (tertiary/aromatic N) is 8. The molecule has 5 heterocycles. The second-order valence-electron chi connectivity index (χ2n) is 8.92. The van der Waals surface area contributed by atoms with Gasteiger partial charge in [-0.15, -0.1) is 5.10 Å². The average Bonchev–Trinajstić information content (AvgIpc) is 3.28. The molecule has 38 heavy (non-hydrogen) atoms. The Hall–Kier alpha value is -4.25. The third kappa shape index (κ3) is 5.10. The molecule has 5 aromatic rings. The molecular weight excluding hydrogens is 501 g/mol. The maximum atomic E-state index is 14.8. The summed E-state index contributed by atoms with van der Waals surface area (Å²) in [4.78, 5) is 22.4. The highest BCUT2D eigenvalue weighted by molar-refractivity contribution is 7.98. The van der Waals surface area contributed by atoms with Crippen LogP contribution in [0.2, 0.25) is 0 Å². The number of benzene rings is 1. The van der Waals surface area contributed by atoms with Crippen molar-refractivity contribution in [2.45, 2.75) is 11.7 Å². The van der Waals surface area contributed by atoms with Crippen LogP contribution in [0.1, 0.15) is 5.56 Å². The number of aromatic nitrogens is 6. The van der Waals surface area contributed by atoms with Crippen LogP contribution < -0.4 is 15.1 Å². The first kappa shape index (κ1) is 24.1. The molecule has 1 aliphatic heterocycles. The van der Waals surface area contributed by atoms with Crippen molar-refractivity contribution >= 4 is 45.8 Å². The minimum Gasteiger partial charge on any atom is -0.353 e. The minimum atomic E-state index is -0.503. The van der Waals surface area contributed by atoms with Crippen LogP contribution in [-0.2, 0) is 6.54 Å². The molecule has 4 aromatic heterocycles. The van der Waals surface area contributed by atoms with Gasteiger partial charge in [-0.05, 0) is 54.3 Å². The third-order valence-corrected chi connectivity index (χ3v) is 7.06. The topological polar surface area (TPSA) is 87.9 Å². The van der Waals surface area contributed by atoms with E-state index in [-0.39, 0.29) is 0 Å². The van der Waals surface area contributed by atoms with E-state index >= 15 is 0 Å². The van der Waals surface area contributed by atoms with E-state index < -0.39 is 5.95 Å². The number of piperazine rings is 1. The SMILES string of the molecule is CSc1nc(Nc2ccc3c(c2)c(F)nn3Cc2ccncc2)cc(N2CCN(c3ccccn3)CC2)n1. The first-order chi connectivity index (χ1) is 18.7. The number of halogens is 1. The molecule has 6 rings (SSSR count). The smallest absolute Gasteiger partial charge is 0.240 e. The molecule has 0 radical (unpaired) electrons. The van der Waals surface area contributed by atoms with E-state index in [4.69, 9.17) is 4.98 Å². The Morgan fingerprint density at radius 3 is 2.42 bits per heavy atom. The van der Waals surface area contributed by atoms with Gasteiger partial charge in [-0.25, -0.2) is 15.0 Å². The van der Waals surface area contributed by atoms with Crippen molar-refractivity contribution in [1.82, 2.24) is 29.7 Å². The summed E-state index contributed by atoms with van der Waals surface area (Å²) < 4.78 is 16.5. The highest BCUT2D eigenvalue weighted by Crippen LogP contribution is 2.28. The van der Waals surface area contributed by atoms with Crippen molar-refractivity contribution in [3.63, 3.8) is 0 Å². The summed E-state index contributed by atoms with van der Waals surface area (Å²) in [6.45, 7) is 3.84. The normalized spacial score (nSPS) is 13.7. The van der Waals surface area contributed by atoms with Crippen LogP contribution in [-0.4, -0.2) is 62.2 Å². The van der Waals surface area contributed by atoms with E-state index in [0.717, 1.165) is 54.6 Å². The summed E-state index contributed by atoms with van der Waals surface area (Å²) >= 11 is 1.49. The molecule has 0 spiro atoms. The van der Waals surface area contributed by atoms with E-state index in [9.17, 15) is 4.39 Å². The van der Waals surface area contributed by atoms with Crippen molar-refractivity contribution in [3.8, 4) is 0 Å². The maximum absolute atomic E-state index is 14.8. The van der Waals surface area contributed by atoms with E-state index in [1.54, 1.807) is 23.1 Å². The Kier molecular flexibility index (Phi) is 6.74. The number of fused-ring (bicyclic) bond motifs is 1. The maximum Gasteiger partial charge on any atom is 0.240 e. The largest absolute Gasteiger partial charge is 0.353 e. The Morgan fingerprint density at radius 2 is 1.68 bits per heavy atom. The molecule has 9 nitrogen and oxygen atoms in total. The Balaban J connectivity index is 1.21. The fourth-order valence-electron chi connectivity index (χ4n) is 4.58. The van der Waals surface area contributed by atoms with Crippen molar-refractivity contribution in [1.29, 1.82) is 0 Å². The van der Waals surface area contributed by atoms with Gasteiger partial charge in [-0.1, -0.05) is 17.8 Å². The summed E-state index contributed by atoms with van der Waals surface area (Å²) in [7, 11) is 0. The zero-order chi connectivity index (χ0) is 25.9.